The monoisotopic (exact) mass is 433 g/mol. The van der Waals surface area contributed by atoms with Crippen LogP contribution >= 0.6 is 0 Å². The fraction of sp³-hybridized carbons (Fsp3) is 0.500. The van der Waals surface area contributed by atoms with Crippen LogP contribution in [-0.2, 0) is 11.3 Å². The quantitative estimate of drug-likeness (QED) is 0.406. The number of hydrogen-bond acceptors (Lipinski definition) is 6. The van der Waals surface area contributed by atoms with Gasteiger partial charge in [-0.2, -0.15) is 5.10 Å². The maximum atomic E-state index is 5.75. The molecule has 1 aromatic carbocycles. The summed E-state index contributed by atoms with van der Waals surface area (Å²) in [6.45, 7) is 6.81. The lowest BCUT2D eigenvalue weighted by atomic mass is 9.87. The van der Waals surface area contributed by atoms with E-state index in [-0.39, 0.29) is 6.10 Å². The Labute approximate surface area is 191 Å². The second-order valence-electron chi connectivity index (χ2n) is 8.94. The molecular formula is C26H35N5O. The molecule has 0 radical (unpaired) electrons. The van der Waals surface area contributed by atoms with Gasteiger partial charge in [0.2, 0.25) is 0 Å². The summed E-state index contributed by atoms with van der Waals surface area (Å²) >= 11 is 0. The summed E-state index contributed by atoms with van der Waals surface area (Å²) in [4.78, 5) is 11.5. The highest BCUT2D eigenvalue weighted by molar-refractivity contribution is 6.38. The van der Waals surface area contributed by atoms with Crippen LogP contribution < -0.4 is 5.84 Å². The molecule has 6 heteroatoms. The average Bonchev–Trinajstić information content (AvgIpc) is 2.84. The number of aromatic nitrogens is 1. The van der Waals surface area contributed by atoms with Crippen LogP contribution in [0.4, 0.5) is 0 Å². The molecule has 0 aliphatic carbocycles. The van der Waals surface area contributed by atoms with Gasteiger partial charge in [-0.05, 0) is 81.3 Å². The van der Waals surface area contributed by atoms with E-state index in [9.17, 15) is 0 Å². The molecule has 0 saturated carbocycles. The number of nitrogens with zero attached hydrogens (tertiary/aromatic N) is 4. The number of pyridine rings is 1. The largest absolute Gasteiger partial charge is 0.376 e. The highest BCUT2D eigenvalue weighted by Crippen LogP contribution is 2.30. The van der Waals surface area contributed by atoms with E-state index < -0.39 is 0 Å². The van der Waals surface area contributed by atoms with Crippen molar-refractivity contribution in [1.29, 1.82) is 0 Å². The molecule has 32 heavy (non-hydrogen) atoms. The molecule has 2 aliphatic heterocycles. The summed E-state index contributed by atoms with van der Waals surface area (Å²) in [5, 5.41) is 4.01. The minimum absolute atomic E-state index is 0.228. The lowest BCUT2D eigenvalue weighted by Gasteiger charge is -2.32. The summed E-state index contributed by atoms with van der Waals surface area (Å²) < 4.78 is 5.75. The molecule has 170 valence electrons. The zero-order valence-electron chi connectivity index (χ0n) is 19.1. The average molecular weight is 434 g/mol. The normalized spacial score (nSPS) is 21.3. The highest BCUT2D eigenvalue weighted by atomic mass is 16.5. The molecule has 6 nitrogen and oxygen atoms in total. The maximum absolute atomic E-state index is 5.75. The lowest BCUT2D eigenvalue weighted by Crippen LogP contribution is -2.32. The number of hydrazone groups is 1. The van der Waals surface area contributed by atoms with Crippen molar-refractivity contribution in [3.8, 4) is 0 Å². The summed E-state index contributed by atoms with van der Waals surface area (Å²) in [6.07, 6.45) is 9.71. The van der Waals surface area contributed by atoms with E-state index in [2.05, 4.69) is 57.2 Å². The first-order valence-electron chi connectivity index (χ1n) is 11.9. The van der Waals surface area contributed by atoms with E-state index in [0.29, 0.717) is 12.5 Å². The Bertz CT molecular complexity index is 913. The number of nitrogens with two attached hydrogens (primary N) is 1. The molecule has 2 aromatic rings. The van der Waals surface area contributed by atoms with Crippen molar-refractivity contribution in [2.75, 3.05) is 26.2 Å². The van der Waals surface area contributed by atoms with Crippen molar-refractivity contribution < 1.29 is 4.74 Å². The van der Waals surface area contributed by atoms with Crippen molar-refractivity contribution in [2.45, 2.75) is 57.6 Å². The Kier molecular flexibility index (Phi) is 8.02. The smallest absolute Gasteiger partial charge is 0.108 e. The van der Waals surface area contributed by atoms with Gasteiger partial charge in [-0.15, -0.1) is 0 Å². The Morgan fingerprint density at radius 3 is 2.75 bits per heavy atom. The molecule has 0 spiro atoms. The molecule has 2 N–H and O–H groups in total. The van der Waals surface area contributed by atoms with Gasteiger partial charge >= 0.3 is 0 Å². The Balaban J connectivity index is 1.33. The second-order valence-corrected chi connectivity index (χ2v) is 8.94. The maximum Gasteiger partial charge on any atom is 0.108 e. The van der Waals surface area contributed by atoms with Crippen LogP contribution in [0.25, 0.3) is 0 Å². The Morgan fingerprint density at radius 2 is 2.06 bits per heavy atom. The predicted octanol–water partition coefficient (Wildman–Crippen LogP) is 4.07. The third-order valence-electron chi connectivity index (χ3n) is 6.63. The third-order valence-corrected chi connectivity index (χ3v) is 6.63. The molecule has 1 atom stereocenters. The van der Waals surface area contributed by atoms with E-state index in [1.807, 2.05) is 12.3 Å². The molecular weight excluding hydrogens is 398 g/mol. The number of piperidine rings is 1. The van der Waals surface area contributed by atoms with Gasteiger partial charge in [0.1, 0.15) is 5.71 Å². The van der Waals surface area contributed by atoms with Crippen molar-refractivity contribution in [3.63, 3.8) is 0 Å². The fourth-order valence-corrected chi connectivity index (χ4v) is 4.75. The molecule has 2 saturated heterocycles. The molecule has 1 unspecified atom stereocenters. The minimum atomic E-state index is 0.228. The topological polar surface area (TPSA) is 76.1 Å². The molecule has 2 aliphatic rings. The number of rotatable bonds is 7. The summed E-state index contributed by atoms with van der Waals surface area (Å²) in [7, 11) is 0. The van der Waals surface area contributed by atoms with Gasteiger partial charge in [-0.3, -0.25) is 14.9 Å². The van der Waals surface area contributed by atoms with Crippen LogP contribution in [0.3, 0.4) is 0 Å². The third kappa shape index (κ3) is 6.02. The fourth-order valence-electron chi connectivity index (χ4n) is 4.75. The van der Waals surface area contributed by atoms with Gasteiger partial charge in [-0.25, -0.2) is 0 Å². The van der Waals surface area contributed by atoms with E-state index in [0.717, 1.165) is 56.1 Å². The predicted molar refractivity (Wildman–Crippen MR) is 130 cm³/mol. The van der Waals surface area contributed by atoms with Crippen molar-refractivity contribution in [2.24, 2.45) is 15.9 Å². The van der Waals surface area contributed by atoms with Crippen molar-refractivity contribution in [1.82, 2.24) is 9.88 Å². The molecule has 0 bridgehead atoms. The van der Waals surface area contributed by atoms with Crippen LogP contribution in [0.1, 0.15) is 60.4 Å². The van der Waals surface area contributed by atoms with E-state index in [1.54, 1.807) is 6.21 Å². The summed E-state index contributed by atoms with van der Waals surface area (Å²) in [5.74, 6) is 6.30. The van der Waals surface area contributed by atoms with Gasteiger partial charge < -0.3 is 10.6 Å². The van der Waals surface area contributed by atoms with E-state index in [4.69, 9.17) is 10.6 Å². The number of likely N-dealkylation sites (tertiary alicyclic amines) is 1. The van der Waals surface area contributed by atoms with Crippen molar-refractivity contribution >= 4 is 11.9 Å². The van der Waals surface area contributed by atoms with E-state index in [1.165, 1.54) is 30.4 Å². The minimum Gasteiger partial charge on any atom is -0.376 e. The zero-order valence-corrected chi connectivity index (χ0v) is 19.1. The number of aliphatic imine (C=N–C) groups is 1. The SMILES string of the molecule is Cc1cc(C2CCN(Cc3ccccn3)CC2)ccc1/C(C=NCC1CCCCO1)=N/N. The highest BCUT2D eigenvalue weighted by Gasteiger charge is 2.21. The van der Waals surface area contributed by atoms with Crippen LogP contribution in [0.15, 0.2) is 52.7 Å². The van der Waals surface area contributed by atoms with Gasteiger partial charge in [0.05, 0.1) is 18.3 Å². The molecule has 3 heterocycles. The first kappa shape index (κ1) is 22.6. The van der Waals surface area contributed by atoms with Gasteiger partial charge in [0, 0.05) is 31.1 Å². The van der Waals surface area contributed by atoms with Crippen LogP contribution in [-0.4, -0.2) is 54.2 Å². The number of aryl methyl sites for hydroxylation is 1. The first-order chi connectivity index (χ1) is 15.7. The van der Waals surface area contributed by atoms with Crippen LogP contribution in [0.2, 0.25) is 0 Å². The number of benzene rings is 1. The second kappa shape index (κ2) is 11.3. The van der Waals surface area contributed by atoms with Gasteiger partial charge in [-0.1, -0.05) is 24.3 Å². The standard InChI is InChI=1S/C26H35N5O/c1-20-16-22(21-10-13-31(14-11-21)19-23-6-2-4-12-29-23)8-9-25(20)26(30-27)18-28-17-24-7-3-5-15-32-24/h2,4,6,8-9,12,16,18,21,24H,3,5,7,10-11,13-15,17,19,27H2,1H3/b28-18?,30-26+. The molecule has 2 fully saturated rings. The van der Waals surface area contributed by atoms with Gasteiger partial charge in [0.25, 0.3) is 0 Å². The molecule has 0 amide bonds. The van der Waals surface area contributed by atoms with Crippen LogP contribution in [0, 0.1) is 6.92 Å². The lowest BCUT2D eigenvalue weighted by molar-refractivity contribution is 0.0226. The Morgan fingerprint density at radius 1 is 1.19 bits per heavy atom. The Hall–Kier alpha value is -2.57. The van der Waals surface area contributed by atoms with Crippen molar-refractivity contribution in [3.05, 3.63) is 65.0 Å². The first-order valence-corrected chi connectivity index (χ1v) is 11.9. The molecule has 1 aromatic heterocycles. The number of ether oxygens (including phenoxy) is 1. The summed E-state index contributed by atoms with van der Waals surface area (Å²) in [6, 6.07) is 12.8. The van der Waals surface area contributed by atoms with E-state index >= 15 is 0 Å². The zero-order chi connectivity index (χ0) is 22.2. The number of hydrogen-bond donors (Lipinski definition) is 1. The summed E-state index contributed by atoms with van der Waals surface area (Å²) in [5.41, 5.74) is 5.54. The molecule has 4 rings (SSSR count). The van der Waals surface area contributed by atoms with Crippen LogP contribution in [0.5, 0.6) is 0 Å². The van der Waals surface area contributed by atoms with Gasteiger partial charge in [0.15, 0.2) is 0 Å².